The summed E-state index contributed by atoms with van der Waals surface area (Å²) in [5.41, 5.74) is 3.45. The fraction of sp³-hybridized carbons (Fsp3) is 0.0667. The van der Waals surface area contributed by atoms with E-state index >= 15 is 0 Å². The second-order valence-electron chi connectivity index (χ2n) is 4.26. The third kappa shape index (κ3) is 4.14. The number of nitrogens with zero attached hydrogens (tertiary/aromatic N) is 1. The number of hydrazone groups is 1. The largest absolute Gasteiger partial charge is 0.507 e. The normalized spacial score (nSPS) is 12.3. The van der Waals surface area contributed by atoms with Crippen LogP contribution in [0.25, 0.3) is 0 Å². The number of aliphatic hydroxyl groups is 1. The maximum absolute atomic E-state index is 11.7. The zero-order valence-electron chi connectivity index (χ0n) is 10.9. The number of rotatable bonds is 4. The number of hydrogen-bond donors (Lipinski definition) is 3. The molecule has 0 saturated heterocycles. The molecule has 0 bridgehead atoms. The zero-order chi connectivity index (χ0) is 15.2. The maximum atomic E-state index is 11.7. The minimum Gasteiger partial charge on any atom is -0.507 e. The molecule has 0 saturated carbocycles. The average Bonchev–Trinajstić information content (AvgIpc) is 2.51. The van der Waals surface area contributed by atoms with Crippen molar-refractivity contribution >= 4 is 28.1 Å². The van der Waals surface area contributed by atoms with E-state index in [0.29, 0.717) is 15.6 Å². The van der Waals surface area contributed by atoms with Crippen molar-refractivity contribution in [3.63, 3.8) is 0 Å². The van der Waals surface area contributed by atoms with Crippen molar-refractivity contribution in [1.29, 1.82) is 0 Å². The summed E-state index contributed by atoms with van der Waals surface area (Å²) in [5, 5.41) is 23.0. The second-order valence-corrected chi connectivity index (χ2v) is 5.11. The Morgan fingerprint density at radius 2 is 1.95 bits per heavy atom. The molecule has 2 rings (SSSR count). The van der Waals surface area contributed by atoms with Gasteiger partial charge in [0.25, 0.3) is 5.91 Å². The number of benzene rings is 2. The van der Waals surface area contributed by atoms with Crippen LogP contribution in [0.3, 0.4) is 0 Å². The van der Waals surface area contributed by atoms with Gasteiger partial charge in [-0.2, -0.15) is 5.10 Å². The van der Waals surface area contributed by atoms with Crippen LogP contribution in [0.1, 0.15) is 17.2 Å². The lowest BCUT2D eigenvalue weighted by Crippen LogP contribution is -2.25. The number of carbonyl (C=O) groups is 1. The molecule has 0 aliphatic heterocycles. The number of phenols is 1. The highest BCUT2D eigenvalue weighted by Gasteiger charge is 2.15. The van der Waals surface area contributed by atoms with Gasteiger partial charge in [0.1, 0.15) is 5.75 Å². The fourth-order valence-corrected chi connectivity index (χ4v) is 2.02. The van der Waals surface area contributed by atoms with Gasteiger partial charge in [0.05, 0.1) is 10.7 Å². The van der Waals surface area contributed by atoms with Crippen molar-refractivity contribution in [3.8, 4) is 5.75 Å². The molecule has 0 radical (unpaired) electrons. The summed E-state index contributed by atoms with van der Waals surface area (Å²) >= 11 is 3.18. The Morgan fingerprint density at radius 3 is 2.62 bits per heavy atom. The first-order chi connectivity index (χ1) is 10.1. The molecule has 6 heteroatoms. The van der Waals surface area contributed by atoms with E-state index in [1.165, 1.54) is 12.3 Å². The van der Waals surface area contributed by atoms with Crippen LogP contribution in [-0.4, -0.2) is 22.3 Å². The molecule has 21 heavy (non-hydrogen) atoms. The Balaban J connectivity index is 1.97. The summed E-state index contributed by atoms with van der Waals surface area (Å²) in [4.78, 5) is 11.7. The Morgan fingerprint density at radius 1 is 1.24 bits per heavy atom. The molecule has 0 spiro atoms. The van der Waals surface area contributed by atoms with Gasteiger partial charge in [0.2, 0.25) is 0 Å². The summed E-state index contributed by atoms with van der Waals surface area (Å²) < 4.78 is 0.530. The smallest absolute Gasteiger partial charge is 0.273 e. The Bertz CT molecular complexity index is 659. The Labute approximate surface area is 130 Å². The number of hydrogen-bond acceptors (Lipinski definition) is 4. The highest BCUT2D eigenvalue weighted by Crippen LogP contribution is 2.23. The minimum absolute atomic E-state index is 0.121. The first-order valence-electron chi connectivity index (χ1n) is 6.12. The SMILES string of the molecule is O=C(N/N=C\c1ccc(O)c(Br)c1)[C@@H](O)c1ccccc1. The highest BCUT2D eigenvalue weighted by atomic mass is 79.9. The van der Waals surface area contributed by atoms with Crippen molar-refractivity contribution in [3.05, 3.63) is 64.1 Å². The van der Waals surface area contributed by atoms with Crippen LogP contribution in [0.15, 0.2) is 58.1 Å². The molecule has 0 fully saturated rings. The first-order valence-corrected chi connectivity index (χ1v) is 6.91. The Kier molecular flexibility index (Phi) is 5.08. The second kappa shape index (κ2) is 7.01. The highest BCUT2D eigenvalue weighted by molar-refractivity contribution is 9.10. The predicted octanol–water partition coefficient (Wildman–Crippen LogP) is 2.34. The monoisotopic (exact) mass is 348 g/mol. The third-order valence-corrected chi connectivity index (χ3v) is 3.36. The van der Waals surface area contributed by atoms with Crippen molar-refractivity contribution in [1.82, 2.24) is 5.43 Å². The molecule has 1 atom stereocenters. The average molecular weight is 349 g/mol. The topological polar surface area (TPSA) is 81.9 Å². The van der Waals surface area contributed by atoms with Crippen LogP contribution in [0.5, 0.6) is 5.75 Å². The van der Waals surface area contributed by atoms with E-state index < -0.39 is 12.0 Å². The summed E-state index contributed by atoms with van der Waals surface area (Å²) in [7, 11) is 0. The van der Waals surface area contributed by atoms with Crippen LogP contribution in [-0.2, 0) is 4.79 Å². The third-order valence-electron chi connectivity index (χ3n) is 2.72. The first kappa shape index (κ1) is 15.2. The lowest BCUT2D eigenvalue weighted by Gasteiger charge is -2.08. The number of phenolic OH excluding ortho intramolecular Hbond substituents is 1. The molecule has 5 nitrogen and oxygen atoms in total. The van der Waals surface area contributed by atoms with E-state index in [9.17, 15) is 15.0 Å². The van der Waals surface area contributed by atoms with Crippen LogP contribution in [0, 0.1) is 0 Å². The van der Waals surface area contributed by atoms with Gasteiger partial charge in [-0.15, -0.1) is 0 Å². The minimum atomic E-state index is -1.27. The van der Waals surface area contributed by atoms with E-state index in [0.717, 1.165) is 0 Å². The van der Waals surface area contributed by atoms with Gasteiger partial charge >= 0.3 is 0 Å². The van der Waals surface area contributed by atoms with Crippen LogP contribution >= 0.6 is 15.9 Å². The van der Waals surface area contributed by atoms with Crippen LogP contribution in [0.4, 0.5) is 0 Å². The number of halogens is 1. The standard InChI is InChI=1S/C15H13BrN2O3/c16-12-8-10(6-7-13(12)19)9-17-18-15(21)14(20)11-4-2-1-3-5-11/h1-9,14,19-20H,(H,18,21)/b17-9-/t14-/m0/s1. The molecule has 108 valence electrons. The number of nitrogens with one attached hydrogen (secondary N) is 1. The van der Waals surface area contributed by atoms with Crippen molar-refractivity contribution in [2.45, 2.75) is 6.10 Å². The van der Waals surface area contributed by atoms with Gasteiger partial charge in [-0.1, -0.05) is 30.3 Å². The number of amides is 1. The van der Waals surface area contributed by atoms with E-state index in [-0.39, 0.29) is 5.75 Å². The van der Waals surface area contributed by atoms with Gasteiger partial charge in [-0.3, -0.25) is 4.79 Å². The zero-order valence-corrected chi connectivity index (χ0v) is 12.5. The van der Waals surface area contributed by atoms with Gasteiger partial charge in [-0.25, -0.2) is 5.43 Å². The molecular formula is C15H13BrN2O3. The number of carbonyl (C=O) groups excluding carboxylic acids is 1. The van der Waals surface area contributed by atoms with Gasteiger partial charge in [0, 0.05) is 0 Å². The molecule has 3 N–H and O–H groups in total. The fourth-order valence-electron chi connectivity index (χ4n) is 1.62. The molecule has 0 heterocycles. The van der Waals surface area contributed by atoms with E-state index in [1.54, 1.807) is 42.5 Å². The van der Waals surface area contributed by atoms with Crippen molar-refractivity contribution in [2.24, 2.45) is 5.10 Å². The van der Waals surface area contributed by atoms with Crippen molar-refractivity contribution < 1.29 is 15.0 Å². The molecule has 0 unspecified atom stereocenters. The predicted molar refractivity (Wildman–Crippen MR) is 82.9 cm³/mol. The molecule has 0 aromatic heterocycles. The molecule has 2 aromatic rings. The summed E-state index contributed by atoms with van der Waals surface area (Å²) in [6, 6.07) is 13.4. The lowest BCUT2D eigenvalue weighted by molar-refractivity contribution is -0.129. The summed E-state index contributed by atoms with van der Waals surface area (Å²) in [5.74, 6) is -0.494. The van der Waals surface area contributed by atoms with E-state index in [1.807, 2.05) is 0 Å². The molecular weight excluding hydrogens is 336 g/mol. The van der Waals surface area contributed by atoms with Gasteiger partial charge in [0.15, 0.2) is 6.10 Å². The summed E-state index contributed by atoms with van der Waals surface area (Å²) in [6.07, 6.45) is 0.148. The van der Waals surface area contributed by atoms with Gasteiger partial charge < -0.3 is 10.2 Å². The summed E-state index contributed by atoms with van der Waals surface area (Å²) in [6.45, 7) is 0. The maximum Gasteiger partial charge on any atom is 0.273 e. The van der Waals surface area contributed by atoms with Crippen LogP contribution in [0.2, 0.25) is 0 Å². The van der Waals surface area contributed by atoms with Crippen molar-refractivity contribution in [2.75, 3.05) is 0 Å². The molecule has 0 aliphatic rings. The van der Waals surface area contributed by atoms with Gasteiger partial charge in [-0.05, 0) is 45.3 Å². The van der Waals surface area contributed by atoms with E-state index in [4.69, 9.17) is 0 Å². The number of aliphatic hydroxyl groups excluding tert-OH is 1. The van der Waals surface area contributed by atoms with Crippen LogP contribution < -0.4 is 5.43 Å². The molecule has 1 amide bonds. The van der Waals surface area contributed by atoms with E-state index in [2.05, 4.69) is 26.5 Å². The molecule has 0 aliphatic carbocycles. The quantitative estimate of drug-likeness (QED) is 0.585. The lowest BCUT2D eigenvalue weighted by atomic mass is 10.1. The molecule has 2 aromatic carbocycles. The number of aromatic hydroxyl groups is 1. The Hall–Kier alpha value is -2.18.